The van der Waals surface area contributed by atoms with Crippen LogP contribution in [0.4, 0.5) is 5.95 Å². The Morgan fingerprint density at radius 1 is 1.20 bits per heavy atom. The number of nitrogens with one attached hydrogen (secondary N) is 1. The summed E-state index contributed by atoms with van der Waals surface area (Å²) >= 11 is 0. The van der Waals surface area contributed by atoms with E-state index in [1.165, 1.54) is 25.8 Å². The average molecular weight is 277 g/mol. The highest BCUT2D eigenvalue weighted by Crippen LogP contribution is 2.10. The molecule has 0 bridgehead atoms. The minimum absolute atomic E-state index is 0.675. The van der Waals surface area contributed by atoms with Gasteiger partial charge in [0.2, 0.25) is 5.95 Å². The summed E-state index contributed by atoms with van der Waals surface area (Å²) in [6.07, 6.45) is 7.40. The van der Waals surface area contributed by atoms with E-state index in [9.17, 15) is 0 Å². The van der Waals surface area contributed by atoms with E-state index in [1.807, 2.05) is 18.5 Å². The van der Waals surface area contributed by atoms with Crippen LogP contribution >= 0.6 is 0 Å². The highest BCUT2D eigenvalue weighted by Gasteiger charge is 2.18. The first-order valence-corrected chi connectivity index (χ1v) is 7.75. The summed E-state index contributed by atoms with van der Waals surface area (Å²) in [6.45, 7) is 7.77. The number of hydrogen-bond acceptors (Lipinski definition) is 5. The van der Waals surface area contributed by atoms with E-state index in [4.69, 9.17) is 0 Å². The van der Waals surface area contributed by atoms with Crippen LogP contribution < -0.4 is 10.2 Å². The van der Waals surface area contributed by atoms with Gasteiger partial charge in [0, 0.05) is 44.6 Å². The van der Waals surface area contributed by atoms with Gasteiger partial charge in [-0.3, -0.25) is 4.90 Å². The maximum atomic E-state index is 4.32. The Hall–Kier alpha value is -1.20. The molecule has 1 saturated heterocycles. The summed E-state index contributed by atoms with van der Waals surface area (Å²) in [5.41, 5.74) is 0. The minimum atomic E-state index is 0.675. The highest BCUT2D eigenvalue weighted by molar-refractivity contribution is 5.29. The third-order valence-corrected chi connectivity index (χ3v) is 4.14. The van der Waals surface area contributed by atoms with Crippen molar-refractivity contribution in [2.24, 2.45) is 0 Å². The summed E-state index contributed by atoms with van der Waals surface area (Å²) < 4.78 is 0. The molecule has 2 heterocycles. The van der Waals surface area contributed by atoms with E-state index in [2.05, 4.69) is 39.1 Å². The van der Waals surface area contributed by atoms with Crippen molar-refractivity contribution in [3.8, 4) is 0 Å². The predicted octanol–water partition coefficient (Wildman–Crippen LogP) is 1.38. The average Bonchev–Trinajstić information content (AvgIpc) is 2.53. The van der Waals surface area contributed by atoms with Crippen molar-refractivity contribution in [3.05, 3.63) is 18.5 Å². The molecule has 0 saturated carbocycles. The monoisotopic (exact) mass is 277 g/mol. The van der Waals surface area contributed by atoms with Gasteiger partial charge in [-0.05, 0) is 38.9 Å². The molecule has 1 fully saturated rings. The number of hydrogen-bond donors (Lipinski definition) is 1. The molecular formula is C15H27N5. The Kier molecular flexibility index (Phi) is 6.21. The molecule has 5 heteroatoms. The van der Waals surface area contributed by atoms with Gasteiger partial charge in [0.05, 0.1) is 0 Å². The molecule has 0 spiro atoms. The normalized spacial score (nSPS) is 18.2. The number of piperazine rings is 1. The topological polar surface area (TPSA) is 44.3 Å². The predicted molar refractivity (Wildman–Crippen MR) is 83.1 cm³/mol. The van der Waals surface area contributed by atoms with E-state index in [-0.39, 0.29) is 0 Å². The molecule has 20 heavy (non-hydrogen) atoms. The second-order valence-electron chi connectivity index (χ2n) is 5.41. The summed E-state index contributed by atoms with van der Waals surface area (Å²) in [5.74, 6) is 0.869. The van der Waals surface area contributed by atoms with E-state index in [0.717, 1.165) is 32.1 Å². The number of aromatic nitrogens is 2. The van der Waals surface area contributed by atoms with Crippen LogP contribution in [0, 0.1) is 0 Å². The van der Waals surface area contributed by atoms with Crippen LogP contribution in [0.25, 0.3) is 0 Å². The third kappa shape index (κ3) is 4.42. The Morgan fingerprint density at radius 2 is 1.90 bits per heavy atom. The van der Waals surface area contributed by atoms with Crippen LogP contribution in [0.1, 0.15) is 26.2 Å². The fourth-order valence-electron chi connectivity index (χ4n) is 2.74. The third-order valence-electron chi connectivity index (χ3n) is 4.14. The minimum Gasteiger partial charge on any atom is -0.338 e. The zero-order valence-electron chi connectivity index (χ0n) is 12.8. The van der Waals surface area contributed by atoms with Crippen molar-refractivity contribution in [1.29, 1.82) is 0 Å². The molecule has 1 N–H and O–H groups in total. The van der Waals surface area contributed by atoms with Crippen LogP contribution in [-0.2, 0) is 0 Å². The molecule has 0 amide bonds. The molecule has 1 aromatic heterocycles. The lowest BCUT2D eigenvalue weighted by Gasteiger charge is -2.34. The van der Waals surface area contributed by atoms with Crippen LogP contribution in [0.5, 0.6) is 0 Å². The molecule has 5 nitrogen and oxygen atoms in total. The van der Waals surface area contributed by atoms with Gasteiger partial charge in [-0.15, -0.1) is 0 Å². The van der Waals surface area contributed by atoms with Crippen LogP contribution in [0.3, 0.4) is 0 Å². The molecule has 1 unspecified atom stereocenters. The van der Waals surface area contributed by atoms with Crippen molar-refractivity contribution < 1.29 is 0 Å². The van der Waals surface area contributed by atoms with Gasteiger partial charge >= 0.3 is 0 Å². The quantitative estimate of drug-likeness (QED) is 0.815. The fourth-order valence-corrected chi connectivity index (χ4v) is 2.74. The molecule has 1 atom stereocenters. The molecule has 0 radical (unpaired) electrons. The van der Waals surface area contributed by atoms with E-state index < -0.39 is 0 Å². The first-order chi connectivity index (χ1) is 9.83. The zero-order chi connectivity index (χ0) is 14.2. The first-order valence-electron chi connectivity index (χ1n) is 7.75. The van der Waals surface area contributed by atoms with Gasteiger partial charge in [0.1, 0.15) is 0 Å². The first kappa shape index (κ1) is 15.2. The molecule has 2 rings (SSSR count). The molecule has 1 aliphatic rings. The Labute approximate surface area is 122 Å². The fraction of sp³-hybridized carbons (Fsp3) is 0.733. The van der Waals surface area contributed by atoms with Gasteiger partial charge in [0.25, 0.3) is 0 Å². The van der Waals surface area contributed by atoms with Crippen molar-refractivity contribution >= 4 is 5.95 Å². The molecule has 112 valence electrons. The van der Waals surface area contributed by atoms with Gasteiger partial charge in [-0.25, -0.2) is 9.97 Å². The van der Waals surface area contributed by atoms with Crippen molar-refractivity contribution in [3.63, 3.8) is 0 Å². The van der Waals surface area contributed by atoms with Gasteiger partial charge in [0.15, 0.2) is 0 Å². The van der Waals surface area contributed by atoms with Crippen molar-refractivity contribution in [2.75, 3.05) is 44.7 Å². The maximum Gasteiger partial charge on any atom is 0.225 e. The molecule has 0 aliphatic carbocycles. The summed E-state index contributed by atoms with van der Waals surface area (Å²) in [4.78, 5) is 13.5. The lowest BCUT2D eigenvalue weighted by atomic mass is 10.1. The van der Waals surface area contributed by atoms with Crippen molar-refractivity contribution in [2.45, 2.75) is 32.2 Å². The maximum absolute atomic E-state index is 4.32. The zero-order valence-corrected chi connectivity index (χ0v) is 12.8. The van der Waals surface area contributed by atoms with E-state index in [1.54, 1.807) is 0 Å². The molecule has 1 aromatic rings. The SMILES string of the molecule is CCC(CCCN1CCN(c2ncccn2)CC1)NC. The number of nitrogens with zero attached hydrogens (tertiary/aromatic N) is 4. The van der Waals surface area contributed by atoms with E-state index >= 15 is 0 Å². The second kappa shape index (κ2) is 8.17. The Balaban J connectivity index is 1.67. The van der Waals surface area contributed by atoms with Gasteiger partial charge in [-0.1, -0.05) is 6.92 Å². The summed E-state index contributed by atoms with van der Waals surface area (Å²) in [5, 5.41) is 3.37. The molecule has 0 aromatic carbocycles. The smallest absolute Gasteiger partial charge is 0.225 e. The summed E-state index contributed by atoms with van der Waals surface area (Å²) in [7, 11) is 2.06. The lowest BCUT2D eigenvalue weighted by molar-refractivity contribution is 0.247. The van der Waals surface area contributed by atoms with Crippen LogP contribution in [0.2, 0.25) is 0 Å². The van der Waals surface area contributed by atoms with Crippen LogP contribution in [-0.4, -0.2) is 60.7 Å². The van der Waals surface area contributed by atoms with Crippen LogP contribution in [0.15, 0.2) is 18.5 Å². The summed E-state index contributed by atoms with van der Waals surface area (Å²) in [6, 6.07) is 2.54. The Bertz CT molecular complexity index is 358. The van der Waals surface area contributed by atoms with Gasteiger partial charge < -0.3 is 10.2 Å². The Morgan fingerprint density at radius 3 is 2.50 bits per heavy atom. The van der Waals surface area contributed by atoms with E-state index in [0.29, 0.717) is 6.04 Å². The van der Waals surface area contributed by atoms with Crippen molar-refractivity contribution in [1.82, 2.24) is 20.2 Å². The highest BCUT2D eigenvalue weighted by atomic mass is 15.3. The van der Waals surface area contributed by atoms with Gasteiger partial charge in [-0.2, -0.15) is 0 Å². The largest absolute Gasteiger partial charge is 0.338 e. The lowest BCUT2D eigenvalue weighted by Crippen LogP contribution is -2.47. The number of rotatable bonds is 7. The molecular weight excluding hydrogens is 250 g/mol. The molecule has 1 aliphatic heterocycles. The second-order valence-corrected chi connectivity index (χ2v) is 5.41. The standard InChI is InChI=1S/C15H27N5/c1-3-14(16-2)6-4-9-19-10-12-20(13-11-19)15-17-7-5-8-18-15/h5,7-8,14,16H,3-4,6,9-13H2,1-2H3. The number of anilines is 1.